The van der Waals surface area contributed by atoms with Gasteiger partial charge in [0.1, 0.15) is 6.61 Å². The van der Waals surface area contributed by atoms with E-state index in [9.17, 15) is 19.3 Å². The number of carbonyl (C=O) groups excluding carboxylic acids is 2. The molecule has 0 radical (unpaired) electrons. The molecule has 2 amide bonds. The van der Waals surface area contributed by atoms with Crippen molar-refractivity contribution in [2.45, 2.75) is 97.7 Å². The monoisotopic (exact) mass is 605 g/mol. The zero-order valence-corrected chi connectivity index (χ0v) is 26.3. The van der Waals surface area contributed by atoms with E-state index < -0.39 is 25.6 Å². The van der Waals surface area contributed by atoms with Crippen molar-refractivity contribution in [3.05, 3.63) is 34.9 Å². The summed E-state index contributed by atoms with van der Waals surface area (Å²) < 4.78 is 29.7. The van der Waals surface area contributed by atoms with E-state index in [0.717, 1.165) is 24.8 Å². The first-order chi connectivity index (χ1) is 19.0. The normalized spacial score (nSPS) is 14.7. The number of nitrogens with one attached hydrogen (secondary N) is 3. The summed E-state index contributed by atoms with van der Waals surface area (Å²) >= 11 is 6.02. The van der Waals surface area contributed by atoms with E-state index in [1.807, 2.05) is 13.0 Å². The number of rotatable bonds is 21. The Labute approximate surface area is 244 Å². The van der Waals surface area contributed by atoms with Gasteiger partial charge in [0.2, 0.25) is 5.91 Å². The van der Waals surface area contributed by atoms with Gasteiger partial charge in [-0.3, -0.25) is 9.36 Å². The third kappa shape index (κ3) is 14.8. The molecule has 12 heteroatoms. The van der Waals surface area contributed by atoms with Crippen LogP contribution in [0.15, 0.2) is 24.3 Å². The summed E-state index contributed by atoms with van der Waals surface area (Å²) in [7, 11) is -3.83. The van der Waals surface area contributed by atoms with Crippen LogP contribution in [0.2, 0.25) is 5.02 Å². The average Bonchev–Trinajstić information content (AvgIpc) is 2.89. The van der Waals surface area contributed by atoms with E-state index in [2.05, 4.69) is 22.9 Å². The van der Waals surface area contributed by atoms with Crippen LogP contribution in [0.5, 0.6) is 0 Å². The van der Waals surface area contributed by atoms with Crippen molar-refractivity contribution in [1.82, 2.24) is 16.0 Å². The Morgan fingerprint density at radius 1 is 1.10 bits per heavy atom. The number of unbranched alkanes of at least 4 members (excludes halogenated alkanes) is 2. The fraction of sp³-hybridized carbons (Fsp3) is 0.714. The van der Waals surface area contributed by atoms with Gasteiger partial charge in [0.15, 0.2) is 5.85 Å². The number of aliphatic hydroxyl groups excluding tert-OH is 1. The summed E-state index contributed by atoms with van der Waals surface area (Å²) in [6.07, 6.45) is 4.19. The molecule has 0 saturated heterocycles. The van der Waals surface area contributed by atoms with Crippen LogP contribution in [-0.4, -0.2) is 61.3 Å². The van der Waals surface area contributed by atoms with Gasteiger partial charge in [-0.15, -0.1) is 0 Å². The Balaban J connectivity index is 2.96. The predicted molar refractivity (Wildman–Crippen MR) is 158 cm³/mol. The molecule has 4 atom stereocenters. The topological polar surface area (TPSA) is 135 Å². The number of amides is 2. The highest BCUT2D eigenvalue weighted by Crippen LogP contribution is 2.53. The summed E-state index contributed by atoms with van der Waals surface area (Å²) in [5.41, 5.74) is 0.780. The van der Waals surface area contributed by atoms with E-state index in [1.165, 1.54) is 6.92 Å². The number of alkyl carbamates (subject to hydrolysis) is 1. The molecule has 40 heavy (non-hydrogen) atoms. The Hall–Kier alpha value is -1.68. The number of hydrogen-bond acceptors (Lipinski definition) is 8. The number of aliphatic hydroxyl groups is 1. The Kier molecular flexibility index (Phi) is 18.4. The van der Waals surface area contributed by atoms with Crippen molar-refractivity contribution in [2.75, 3.05) is 26.3 Å². The molecule has 0 fully saturated rings. The second-order valence-electron chi connectivity index (χ2n) is 9.96. The minimum Gasteiger partial charge on any atom is -0.445 e. The van der Waals surface area contributed by atoms with E-state index in [4.69, 9.17) is 25.4 Å². The zero-order valence-electron chi connectivity index (χ0n) is 24.6. The summed E-state index contributed by atoms with van der Waals surface area (Å²) in [5.74, 6) is -1.45. The molecule has 0 aliphatic rings. The first kappa shape index (κ1) is 36.3. The lowest BCUT2D eigenvalue weighted by Gasteiger charge is -2.32. The molecular weight excluding hydrogens is 557 g/mol. The summed E-state index contributed by atoms with van der Waals surface area (Å²) in [5, 5.41) is 20.8. The third-order valence-electron chi connectivity index (χ3n) is 6.33. The van der Waals surface area contributed by atoms with Gasteiger partial charge in [-0.05, 0) is 56.7 Å². The SMILES string of the molecule is CCCCCC(CN[C@@H](CC(C)CCNC(C)=O)C(O)P(=O)(OCC)OCC)NC(=O)OCc1cccc(Cl)c1. The maximum atomic E-state index is 13.4. The molecule has 1 aromatic rings. The van der Waals surface area contributed by atoms with E-state index >= 15 is 0 Å². The van der Waals surface area contributed by atoms with E-state index in [-0.39, 0.29) is 37.7 Å². The highest BCUT2D eigenvalue weighted by atomic mass is 35.5. The lowest BCUT2D eigenvalue weighted by Crippen LogP contribution is -2.49. The van der Waals surface area contributed by atoms with Crippen molar-refractivity contribution in [2.24, 2.45) is 5.92 Å². The molecule has 0 saturated carbocycles. The maximum Gasteiger partial charge on any atom is 0.407 e. The van der Waals surface area contributed by atoms with Gasteiger partial charge in [0, 0.05) is 37.1 Å². The second-order valence-corrected chi connectivity index (χ2v) is 12.5. The van der Waals surface area contributed by atoms with Gasteiger partial charge in [-0.25, -0.2) is 4.79 Å². The molecule has 0 heterocycles. The first-order valence-corrected chi connectivity index (χ1v) is 16.3. The van der Waals surface area contributed by atoms with Crippen LogP contribution in [0.25, 0.3) is 0 Å². The van der Waals surface area contributed by atoms with Crippen LogP contribution in [0.4, 0.5) is 4.79 Å². The van der Waals surface area contributed by atoms with Crippen molar-refractivity contribution in [3.63, 3.8) is 0 Å². The molecule has 0 bridgehead atoms. The molecular formula is C28H49ClN3O7P. The molecule has 4 N–H and O–H groups in total. The average molecular weight is 606 g/mol. The lowest BCUT2D eigenvalue weighted by molar-refractivity contribution is -0.119. The summed E-state index contributed by atoms with van der Waals surface area (Å²) in [6, 6.07) is 6.18. The van der Waals surface area contributed by atoms with E-state index in [0.29, 0.717) is 37.4 Å². The van der Waals surface area contributed by atoms with Crippen LogP contribution in [0.3, 0.4) is 0 Å². The first-order valence-electron chi connectivity index (χ1n) is 14.3. The highest BCUT2D eigenvalue weighted by molar-refractivity contribution is 7.54. The molecule has 0 aliphatic heterocycles. The lowest BCUT2D eigenvalue weighted by atomic mass is 9.98. The maximum absolute atomic E-state index is 13.4. The Morgan fingerprint density at radius 2 is 1.80 bits per heavy atom. The van der Waals surface area contributed by atoms with Crippen molar-refractivity contribution in [3.8, 4) is 0 Å². The van der Waals surface area contributed by atoms with Crippen LogP contribution >= 0.6 is 19.2 Å². The van der Waals surface area contributed by atoms with Gasteiger partial charge in [0.05, 0.1) is 13.2 Å². The van der Waals surface area contributed by atoms with Gasteiger partial charge < -0.3 is 34.8 Å². The standard InChI is InChI=1S/C28H49ClN3O7P/c1-6-9-10-14-25(32-28(35)37-20-23-12-11-13-24(29)18-23)19-31-26(17-21(4)15-16-30-22(5)33)27(34)40(36,38-7-2)39-8-3/h11-13,18,21,25-27,31,34H,6-10,14-17,19-20H2,1-5H3,(H,30,33)(H,32,35)/t21?,25?,26-,27?/m0/s1. The van der Waals surface area contributed by atoms with Gasteiger partial charge >= 0.3 is 13.7 Å². The fourth-order valence-electron chi connectivity index (χ4n) is 4.27. The highest BCUT2D eigenvalue weighted by Gasteiger charge is 2.40. The Bertz CT molecular complexity index is 914. The summed E-state index contributed by atoms with van der Waals surface area (Å²) in [4.78, 5) is 23.9. The van der Waals surface area contributed by atoms with Crippen molar-refractivity contribution < 1.29 is 33.0 Å². The number of benzene rings is 1. The number of ether oxygens (including phenoxy) is 1. The smallest absolute Gasteiger partial charge is 0.407 e. The summed E-state index contributed by atoms with van der Waals surface area (Å²) in [6.45, 7) is 10.1. The van der Waals surface area contributed by atoms with Crippen LogP contribution in [0.1, 0.15) is 78.7 Å². The molecule has 0 aliphatic carbocycles. The van der Waals surface area contributed by atoms with Gasteiger partial charge in [0.25, 0.3) is 0 Å². The van der Waals surface area contributed by atoms with Crippen LogP contribution < -0.4 is 16.0 Å². The molecule has 1 rings (SSSR count). The zero-order chi connectivity index (χ0) is 30.0. The molecule has 230 valence electrons. The molecule has 1 aromatic carbocycles. The van der Waals surface area contributed by atoms with Gasteiger partial charge in [-0.1, -0.05) is 56.8 Å². The van der Waals surface area contributed by atoms with Crippen molar-refractivity contribution >= 4 is 31.2 Å². The molecule has 10 nitrogen and oxygen atoms in total. The number of hydrogen-bond donors (Lipinski definition) is 4. The second kappa shape index (κ2) is 20.2. The van der Waals surface area contributed by atoms with Gasteiger partial charge in [-0.2, -0.15) is 0 Å². The minimum atomic E-state index is -3.83. The largest absolute Gasteiger partial charge is 0.445 e. The minimum absolute atomic E-state index is 0.0739. The third-order valence-corrected chi connectivity index (χ3v) is 8.81. The molecule has 3 unspecified atom stereocenters. The predicted octanol–water partition coefficient (Wildman–Crippen LogP) is 5.61. The molecule has 0 aromatic heterocycles. The van der Waals surface area contributed by atoms with E-state index in [1.54, 1.807) is 32.0 Å². The molecule has 0 spiro atoms. The quantitative estimate of drug-likeness (QED) is 0.105. The Morgan fingerprint density at radius 3 is 2.40 bits per heavy atom. The number of carbonyl (C=O) groups is 2. The van der Waals surface area contributed by atoms with Crippen molar-refractivity contribution in [1.29, 1.82) is 0 Å². The van der Waals surface area contributed by atoms with Crippen LogP contribution in [-0.2, 0) is 29.8 Å². The number of halogens is 1. The fourth-order valence-corrected chi connectivity index (χ4v) is 6.25. The van der Waals surface area contributed by atoms with Crippen LogP contribution in [0, 0.1) is 5.92 Å².